The highest BCUT2D eigenvalue weighted by atomic mass is 35.5. The molecule has 0 bridgehead atoms. The first-order valence-electron chi connectivity index (χ1n) is 9.69. The fourth-order valence-corrected chi connectivity index (χ4v) is 4.49. The van der Waals surface area contributed by atoms with Gasteiger partial charge in [0.05, 0.1) is 17.2 Å². The van der Waals surface area contributed by atoms with E-state index >= 15 is 0 Å². The molecule has 0 aliphatic carbocycles. The summed E-state index contributed by atoms with van der Waals surface area (Å²) in [5.74, 6) is 2.32. The summed E-state index contributed by atoms with van der Waals surface area (Å²) in [5, 5.41) is 14.3. The second-order valence-corrected chi connectivity index (χ2v) is 8.73. The largest absolute Gasteiger partial charge is 0.461 e. The maximum atomic E-state index is 6.26. The summed E-state index contributed by atoms with van der Waals surface area (Å²) in [5.41, 5.74) is 0.922. The zero-order valence-electron chi connectivity index (χ0n) is 16.2. The summed E-state index contributed by atoms with van der Waals surface area (Å²) in [6, 6.07) is 11.3. The Morgan fingerprint density at radius 3 is 2.77 bits per heavy atom. The number of anilines is 1. The lowest BCUT2D eigenvalue weighted by molar-refractivity contribution is 0.379. The van der Waals surface area contributed by atoms with E-state index in [1.165, 1.54) is 11.8 Å². The lowest BCUT2D eigenvalue weighted by Gasteiger charge is -2.19. The van der Waals surface area contributed by atoms with E-state index < -0.39 is 0 Å². The van der Waals surface area contributed by atoms with Gasteiger partial charge in [0, 0.05) is 18.1 Å². The van der Waals surface area contributed by atoms with E-state index in [-0.39, 0.29) is 5.25 Å². The van der Waals surface area contributed by atoms with Gasteiger partial charge in [0.25, 0.3) is 0 Å². The highest BCUT2D eigenvalue weighted by Gasteiger charge is 2.26. The van der Waals surface area contributed by atoms with Crippen LogP contribution in [-0.4, -0.2) is 38.0 Å². The molecule has 4 aromatic rings. The quantitative estimate of drug-likeness (QED) is 0.385. The number of halogens is 1. The molecule has 0 saturated carbocycles. The number of nitrogens with zero attached hydrogens (tertiary/aromatic N) is 6. The van der Waals surface area contributed by atoms with E-state index in [0.717, 1.165) is 42.7 Å². The van der Waals surface area contributed by atoms with E-state index in [9.17, 15) is 0 Å². The zero-order valence-corrected chi connectivity index (χ0v) is 17.8. The van der Waals surface area contributed by atoms with Crippen LogP contribution in [0.25, 0.3) is 17.3 Å². The fourth-order valence-electron chi connectivity index (χ4n) is 3.42. The molecule has 3 aromatic heterocycles. The Kier molecular flexibility index (Phi) is 5.22. The van der Waals surface area contributed by atoms with Gasteiger partial charge >= 0.3 is 0 Å². The van der Waals surface area contributed by atoms with E-state index in [2.05, 4.69) is 25.2 Å². The average molecular weight is 443 g/mol. The third kappa shape index (κ3) is 3.70. The fraction of sp³-hybridized carbons (Fsp3) is 0.300. The number of thioether (sulfide) groups is 1. The highest BCUT2D eigenvalue weighted by molar-refractivity contribution is 7.99. The predicted octanol–water partition coefficient (Wildman–Crippen LogP) is 5.02. The van der Waals surface area contributed by atoms with Crippen LogP contribution in [-0.2, 0) is 0 Å². The van der Waals surface area contributed by atoms with Crippen molar-refractivity contribution in [3.8, 4) is 17.3 Å². The van der Waals surface area contributed by atoms with Crippen LogP contribution in [0.5, 0.6) is 0 Å². The molecule has 4 heterocycles. The minimum atomic E-state index is -0.130. The first-order valence-corrected chi connectivity index (χ1v) is 11.0. The van der Waals surface area contributed by atoms with Crippen LogP contribution in [0.2, 0.25) is 5.02 Å². The van der Waals surface area contributed by atoms with Crippen molar-refractivity contribution in [1.29, 1.82) is 0 Å². The maximum Gasteiger partial charge on any atom is 0.240 e. The van der Waals surface area contributed by atoms with E-state index in [1.807, 2.05) is 35.8 Å². The molecular weight excluding hydrogens is 424 g/mol. The van der Waals surface area contributed by atoms with Crippen molar-refractivity contribution in [2.75, 3.05) is 18.0 Å². The van der Waals surface area contributed by atoms with Gasteiger partial charge in [0.1, 0.15) is 0 Å². The first-order chi connectivity index (χ1) is 14.7. The molecular formula is C20H19ClN6O2S. The van der Waals surface area contributed by atoms with Crippen LogP contribution in [0, 0.1) is 0 Å². The van der Waals surface area contributed by atoms with Crippen molar-refractivity contribution >= 4 is 29.3 Å². The van der Waals surface area contributed by atoms with Crippen LogP contribution < -0.4 is 4.90 Å². The monoisotopic (exact) mass is 442 g/mol. The number of hydrogen-bond acceptors (Lipinski definition) is 8. The van der Waals surface area contributed by atoms with Crippen molar-refractivity contribution in [3.63, 3.8) is 0 Å². The minimum Gasteiger partial charge on any atom is -0.461 e. The average Bonchev–Trinajstić information content (AvgIpc) is 3.55. The summed E-state index contributed by atoms with van der Waals surface area (Å²) in [4.78, 5) is 6.72. The maximum absolute atomic E-state index is 6.26. The number of aromatic nitrogens is 5. The molecule has 1 fully saturated rings. The molecule has 1 aliphatic heterocycles. The van der Waals surface area contributed by atoms with Gasteiger partial charge < -0.3 is 13.8 Å². The van der Waals surface area contributed by atoms with Gasteiger partial charge in [-0.2, -0.15) is 4.98 Å². The number of rotatable bonds is 6. The molecule has 154 valence electrons. The van der Waals surface area contributed by atoms with Crippen molar-refractivity contribution in [2.45, 2.75) is 30.2 Å². The van der Waals surface area contributed by atoms with Gasteiger partial charge in [0.2, 0.25) is 17.7 Å². The molecule has 5 rings (SSSR count). The third-order valence-electron chi connectivity index (χ3n) is 4.88. The predicted molar refractivity (Wildman–Crippen MR) is 114 cm³/mol. The van der Waals surface area contributed by atoms with Gasteiger partial charge in [-0.1, -0.05) is 34.6 Å². The zero-order chi connectivity index (χ0) is 20.5. The van der Waals surface area contributed by atoms with Gasteiger partial charge in [-0.05, 0) is 50.1 Å². The Balaban J connectivity index is 1.46. The number of benzene rings is 1. The Bertz CT molecular complexity index is 1140. The summed E-state index contributed by atoms with van der Waals surface area (Å²) in [7, 11) is 0. The summed E-state index contributed by atoms with van der Waals surface area (Å²) >= 11 is 7.77. The molecule has 1 saturated heterocycles. The SMILES string of the molecule is C[C@H](Sc1nnc(N2CCCC2)n1-c1cccc(Cl)c1)c1nc(-c2ccco2)no1. The summed E-state index contributed by atoms with van der Waals surface area (Å²) < 4.78 is 12.8. The van der Waals surface area contributed by atoms with Crippen molar-refractivity contribution in [1.82, 2.24) is 24.9 Å². The first kappa shape index (κ1) is 19.2. The Hall–Kier alpha value is -2.78. The second-order valence-electron chi connectivity index (χ2n) is 6.99. The van der Waals surface area contributed by atoms with Crippen molar-refractivity contribution in [3.05, 3.63) is 53.6 Å². The summed E-state index contributed by atoms with van der Waals surface area (Å²) in [6.45, 7) is 3.93. The molecule has 1 aliphatic rings. The van der Waals surface area contributed by atoms with Gasteiger partial charge in [-0.15, -0.1) is 10.2 Å². The van der Waals surface area contributed by atoms with Gasteiger partial charge in [-0.3, -0.25) is 4.57 Å². The van der Waals surface area contributed by atoms with Crippen LogP contribution in [0.3, 0.4) is 0 Å². The number of hydrogen-bond donors (Lipinski definition) is 0. The second kappa shape index (κ2) is 8.16. The molecule has 0 amide bonds. The molecule has 0 radical (unpaired) electrons. The Morgan fingerprint density at radius 2 is 2.00 bits per heavy atom. The van der Waals surface area contributed by atoms with Crippen LogP contribution in [0.4, 0.5) is 5.95 Å². The van der Waals surface area contributed by atoms with Crippen LogP contribution in [0.1, 0.15) is 30.9 Å². The highest BCUT2D eigenvalue weighted by Crippen LogP contribution is 2.37. The molecule has 30 heavy (non-hydrogen) atoms. The standard InChI is InChI=1S/C20H19ClN6O2S/c1-13(18-22-17(25-29-18)16-8-5-11-28-16)30-20-24-23-19(26-9-2-3-10-26)27(20)15-7-4-6-14(21)12-15/h4-8,11-13H,2-3,9-10H2,1H3/t13-/m0/s1. The van der Waals surface area contributed by atoms with Crippen molar-refractivity contribution in [2.24, 2.45) is 0 Å². The summed E-state index contributed by atoms with van der Waals surface area (Å²) in [6.07, 6.45) is 3.88. The molecule has 0 N–H and O–H groups in total. The molecule has 8 nitrogen and oxygen atoms in total. The molecule has 0 spiro atoms. The topological polar surface area (TPSA) is 86.0 Å². The normalized spacial score (nSPS) is 15.1. The Morgan fingerprint density at radius 1 is 1.13 bits per heavy atom. The van der Waals surface area contributed by atoms with E-state index in [4.69, 9.17) is 20.5 Å². The molecule has 1 aromatic carbocycles. The molecule has 0 unspecified atom stereocenters. The Labute approximate surface area is 182 Å². The van der Waals surface area contributed by atoms with Crippen molar-refractivity contribution < 1.29 is 8.94 Å². The van der Waals surface area contributed by atoms with Gasteiger partial charge in [-0.25, -0.2) is 0 Å². The molecule has 1 atom stereocenters. The third-order valence-corrected chi connectivity index (χ3v) is 6.15. The lowest BCUT2D eigenvalue weighted by atomic mass is 10.3. The van der Waals surface area contributed by atoms with Crippen LogP contribution in [0.15, 0.2) is 56.8 Å². The lowest BCUT2D eigenvalue weighted by Crippen LogP contribution is -2.22. The van der Waals surface area contributed by atoms with E-state index in [1.54, 1.807) is 18.4 Å². The van der Waals surface area contributed by atoms with Gasteiger partial charge in [0.15, 0.2) is 10.9 Å². The molecule has 10 heteroatoms. The van der Waals surface area contributed by atoms with Crippen LogP contribution >= 0.6 is 23.4 Å². The minimum absolute atomic E-state index is 0.130. The smallest absolute Gasteiger partial charge is 0.240 e. The number of furan rings is 1. The van der Waals surface area contributed by atoms with E-state index in [0.29, 0.717) is 22.5 Å².